The van der Waals surface area contributed by atoms with Gasteiger partial charge in [-0.2, -0.15) is 0 Å². The Balaban J connectivity index is 2.09. The van der Waals surface area contributed by atoms with Crippen LogP contribution in [0.3, 0.4) is 0 Å². The standard InChI is InChI=1S/C10H16N2O2S/c11-8(15)10(3-1-4-10)9(14)12-5-2-7(13)6-12/h7,13H,1-6H2,(H2,11,15). The lowest BCUT2D eigenvalue weighted by atomic mass is 9.67. The van der Waals surface area contributed by atoms with E-state index in [0.717, 1.165) is 19.3 Å². The molecular weight excluding hydrogens is 212 g/mol. The molecular formula is C10H16N2O2S. The largest absolute Gasteiger partial charge is 0.392 e. The average molecular weight is 228 g/mol. The highest BCUT2D eigenvalue weighted by Crippen LogP contribution is 2.43. The van der Waals surface area contributed by atoms with Gasteiger partial charge >= 0.3 is 0 Å². The van der Waals surface area contributed by atoms with Crippen LogP contribution in [0.4, 0.5) is 0 Å². The number of hydrogen-bond acceptors (Lipinski definition) is 3. The van der Waals surface area contributed by atoms with E-state index >= 15 is 0 Å². The maximum Gasteiger partial charge on any atom is 0.235 e. The van der Waals surface area contributed by atoms with E-state index in [0.29, 0.717) is 24.5 Å². The predicted molar refractivity (Wildman–Crippen MR) is 60.3 cm³/mol. The number of nitrogens with zero attached hydrogens (tertiary/aromatic N) is 1. The maximum atomic E-state index is 12.2. The van der Waals surface area contributed by atoms with Gasteiger partial charge in [0.25, 0.3) is 0 Å². The molecule has 0 spiro atoms. The molecule has 1 aliphatic carbocycles. The van der Waals surface area contributed by atoms with E-state index in [1.807, 2.05) is 0 Å². The number of carbonyl (C=O) groups is 1. The fourth-order valence-corrected chi connectivity index (χ4v) is 2.62. The smallest absolute Gasteiger partial charge is 0.235 e. The molecule has 1 heterocycles. The molecule has 2 fully saturated rings. The number of nitrogens with two attached hydrogens (primary N) is 1. The van der Waals surface area contributed by atoms with Crippen molar-refractivity contribution in [2.24, 2.45) is 11.1 Å². The quantitative estimate of drug-likeness (QED) is 0.655. The Bertz CT molecular complexity index is 302. The van der Waals surface area contributed by atoms with Crippen molar-refractivity contribution in [2.75, 3.05) is 13.1 Å². The summed E-state index contributed by atoms with van der Waals surface area (Å²) in [5.74, 6) is 0.0257. The second-order valence-corrected chi connectivity index (χ2v) is 4.93. The van der Waals surface area contributed by atoms with E-state index in [1.165, 1.54) is 0 Å². The molecule has 15 heavy (non-hydrogen) atoms. The topological polar surface area (TPSA) is 66.6 Å². The highest BCUT2D eigenvalue weighted by atomic mass is 32.1. The lowest BCUT2D eigenvalue weighted by Gasteiger charge is -2.41. The summed E-state index contributed by atoms with van der Waals surface area (Å²) in [6.07, 6.45) is 2.84. The van der Waals surface area contributed by atoms with Crippen LogP contribution in [0.1, 0.15) is 25.7 Å². The first-order valence-corrected chi connectivity index (χ1v) is 5.74. The minimum absolute atomic E-state index is 0.0257. The molecule has 4 nitrogen and oxygen atoms in total. The monoisotopic (exact) mass is 228 g/mol. The summed E-state index contributed by atoms with van der Waals surface area (Å²) in [7, 11) is 0. The normalized spacial score (nSPS) is 28.6. The SMILES string of the molecule is NC(=S)C1(C(=O)N2CCC(O)C2)CCC1. The zero-order valence-electron chi connectivity index (χ0n) is 8.61. The van der Waals surface area contributed by atoms with Gasteiger partial charge in [0, 0.05) is 13.1 Å². The number of hydrogen-bond donors (Lipinski definition) is 2. The minimum Gasteiger partial charge on any atom is -0.392 e. The molecule has 5 heteroatoms. The van der Waals surface area contributed by atoms with Gasteiger partial charge in [0.1, 0.15) is 0 Å². The first-order valence-electron chi connectivity index (χ1n) is 5.33. The third-order valence-corrected chi connectivity index (χ3v) is 3.93. The zero-order chi connectivity index (χ0) is 11.1. The summed E-state index contributed by atoms with van der Waals surface area (Å²) in [5.41, 5.74) is 5.07. The fourth-order valence-electron chi connectivity index (χ4n) is 2.32. The van der Waals surface area contributed by atoms with Crippen LogP contribution in [0.5, 0.6) is 0 Å². The van der Waals surface area contributed by atoms with Crippen LogP contribution in [-0.4, -0.2) is 40.1 Å². The molecule has 3 N–H and O–H groups in total. The van der Waals surface area contributed by atoms with Gasteiger partial charge in [-0.25, -0.2) is 0 Å². The number of β-amino-alcohol motifs (C(OH)–C–C–N with tert-alkyl or cyclic N) is 1. The van der Waals surface area contributed by atoms with Crippen molar-refractivity contribution < 1.29 is 9.90 Å². The average Bonchev–Trinajstić information content (AvgIpc) is 2.48. The lowest BCUT2D eigenvalue weighted by Crippen LogP contribution is -2.54. The van der Waals surface area contributed by atoms with Crippen LogP contribution in [0.15, 0.2) is 0 Å². The van der Waals surface area contributed by atoms with E-state index in [4.69, 9.17) is 18.0 Å². The van der Waals surface area contributed by atoms with E-state index < -0.39 is 5.41 Å². The van der Waals surface area contributed by atoms with Crippen molar-refractivity contribution in [1.82, 2.24) is 4.90 Å². The minimum atomic E-state index is -0.584. The second-order valence-electron chi connectivity index (χ2n) is 4.49. The Hall–Kier alpha value is -0.680. The summed E-state index contributed by atoms with van der Waals surface area (Å²) < 4.78 is 0. The third kappa shape index (κ3) is 1.63. The Kier molecular flexibility index (Phi) is 2.68. The van der Waals surface area contributed by atoms with Gasteiger partial charge < -0.3 is 15.7 Å². The molecule has 1 amide bonds. The highest BCUT2D eigenvalue weighted by Gasteiger charge is 2.49. The Morgan fingerprint density at radius 2 is 2.20 bits per heavy atom. The van der Waals surface area contributed by atoms with Gasteiger partial charge in [0.05, 0.1) is 16.5 Å². The molecule has 1 unspecified atom stereocenters. The number of rotatable bonds is 2. The predicted octanol–water partition coefficient (Wildman–Crippen LogP) is 0.0360. The van der Waals surface area contributed by atoms with Crippen molar-refractivity contribution in [1.29, 1.82) is 0 Å². The van der Waals surface area contributed by atoms with Gasteiger partial charge in [-0.15, -0.1) is 0 Å². The molecule has 0 aromatic heterocycles. The molecule has 0 aromatic rings. The molecule has 0 bridgehead atoms. The molecule has 1 aliphatic heterocycles. The van der Waals surface area contributed by atoms with Crippen molar-refractivity contribution >= 4 is 23.1 Å². The van der Waals surface area contributed by atoms with E-state index in [-0.39, 0.29) is 12.0 Å². The lowest BCUT2D eigenvalue weighted by molar-refractivity contribution is -0.141. The van der Waals surface area contributed by atoms with E-state index in [2.05, 4.69) is 0 Å². The van der Waals surface area contributed by atoms with Crippen LogP contribution < -0.4 is 5.73 Å². The van der Waals surface area contributed by atoms with Crippen LogP contribution >= 0.6 is 12.2 Å². The summed E-state index contributed by atoms with van der Waals surface area (Å²) in [6, 6.07) is 0. The first-order chi connectivity index (χ1) is 7.06. The molecule has 0 radical (unpaired) electrons. The van der Waals surface area contributed by atoms with Crippen molar-refractivity contribution in [3.05, 3.63) is 0 Å². The summed E-state index contributed by atoms with van der Waals surface area (Å²) in [5, 5.41) is 9.39. The number of likely N-dealkylation sites (tertiary alicyclic amines) is 1. The van der Waals surface area contributed by atoms with Gasteiger partial charge in [-0.3, -0.25) is 4.79 Å². The summed E-state index contributed by atoms with van der Waals surface area (Å²) >= 11 is 4.99. The van der Waals surface area contributed by atoms with Crippen molar-refractivity contribution in [3.8, 4) is 0 Å². The van der Waals surface area contributed by atoms with Crippen LogP contribution in [0.2, 0.25) is 0 Å². The van der Waals surface area contributed by atoms with Gasteiger partial charge in [-0.05, 0) is 19.3 Å². The number of aliphatic hydroxyl groups is 1. The van der Waals surface area contributed by atoms with Crippen LogP contribution in [0, 0.1) is 5.41 Å². The number of amides is 1. The number of carbonyl (C=O) groups excluding carboxylic acids is 1. The summed E-state index contributed by atoms with van der Waals surface area (Å²) in [4.78, 5) is 14.2. The molecule has 84 valence electrons. The molecule has 1 saturated heterocycles. The first kappa shape index (κ1) is 10.8. The fraction of sp³-hybridized carbons (Fsp3) is 0.800. The van der Waals surface area contributed by atoms with Crippen molar-refractivity contribution in [3.63, 3.8) is 0 Å². The second kappa shape index (κ2) is 3.72. The molecule has 1 atom stereocenters. The van der Waals surface area contributed by atoms with Crippen LogP contribution in [0.25, 0.3) is 0 Å². The van der Waals surface area contributed by atoms with Crippen LogP contribution in [-0.2, 0) is 4.79 Å². The van der Waals surface area contributed by atoms with E-state index in [9.17, 15) is 9.90 Å². The number of thiocarbonyl (C=S) groups is 1. The summed E-state index contributed by atoms with van der Waals surface area (Å²) in [6.45, 7) is 1.06. The molecule has 2 rings (SSSR count). The Labute approximate surface area is 94.4 Å². The van der Waals surface area contributed by atoms with Crippen molar-refractivity contribution in [2.45, 2.75) is 31.8 Å². The zero-order valence-corrected chi connectivity index (χ0v) is 9.42. The molecule has 0 aromatic carbocycles. The Morgan fingerprint density at radius 3 is 2.53 bits per heavy atom. The molecule has 1 saturated carbocycles. The maximum absolute atomic E-state index is 12.2. The highest BCUT2D eigenvalue weighted by molar-refractivity contribution is 7.80. The molecule has 2 aliphatic rings. The number of aliphatic hydroxyl groups excluding tert-OH is 1. The van der Waals surface area contributed by atoms with Gasteiger partial charge in [-0.1, -0.05) is 18.6 Å². The Morgan fingerprint density at radius 1 is 1.53 bits per heavy atom. The van der Waals surface area contributed by atoms with Gasteiger partial charge in [0.2, 0.25) is 5.91 Å². The van der Waals surface area contributed by atoms with Gasteiger partial charge in [0.15, 0.2) is 0 Å². The third-order valence-electron chi connectivity index (χ3n) is 3.54. The van der Waals surface area contributed by atoms with E-state index in [1.54, 1.807) is 4.90 Å².